The van der Waals surface area contributed by atoms with Crippen LogP contribution in [-0.4, -0.2) is 61.7 Å². The third kappa shape index (κ3) is 6.90. The van der Waals surface area contributed by atoms with Gasteiger partial charge in [-0.25, -0.2) is 13.1 Å². The number of aliphatic hydroxyl groups is 2. The predicted octanol–water partition coefficient (Wildman–Crippen LogP) is 5.00. The Kier molecular flexibility index (Phi) is 9.90. The Balaban J connectivity index is 1.54. The number of rotatable bonds is 8. The lowest BCUT2D eigenvalue weighted by molar-refractivity contribution is -0.00327. The number of ether oxygens (including phenoxy) is 1. The van der Waals surface area contributed by atoms with Crippen molar-refractivity contribution in [3.05, 3.63) is 70.3 Å². The Morgan fingerprint density at radius 2 is 2.07 bits per heavy atom. The minimum absolute atomic E-state index is 0.0691. The fraction of sp³-hybridized carbons (Fsp3) is 0.514. The molecule has 3 N–H and O–H groups in total. The first-order valence-electron chi connectivity index (χ1n) is 15.8. The van der Waals surface area contributed by atoms with Gasteiger partial charge in [0.15, 0.2) is 0 Å². The van der Waals surface area contributed by atoms with Gasteiger partial charge in [0.05, 0.1) is 17.5 Å². The molecule has 1 fully saturated rings. The molecule has 1 saturated carbocycles. The normalized spacial score (nSPS) is 24.0. The summed E-state index contributed by atoms with van der Waals surface area (Å²) in [6.45, 7) is 6.33. The number of sulfonamides is 1. The van der Waals surface area contributed by atoms with Gasteiger partial charge in [-0.3, -0.25) is 4.79 Å². The van der Waals surface area contributed by atoms with Gasteiger partial charge in [-0.05, 0) is 106 Å². The summed E-state index contributed by atoms with van der Waals surface area (Å²) >= 11 is 6.40. The molecule has 4 atom stereocenters. The van der Waals surface area contributed by atoms with Crippen molar-refractivity contribution in [1.29, 1.82) is 0 Å². The minimum Gasteiger partial charge on any atom is -0.490 e. The highest BCUT2D eigenvalue weighted by Gasteiger charge is 2.47. The quantitative estimate of drug-likeness (QED) is 0.271. The van der Waals surface area contributed by atoms with Gasteiger partial charge < -0.3 is 19.8 Å². The van der Waals surface area contributed by atoms with E-state index in [1.807, 2.05) is 25.1 Å². The lowest BCUT2D eigenvalue weighted by atomic mass is 9.64. The van der Waals surface area contributed by atoms with Crippen LogP contribution < -0.4 is 14.4 Å². The number of allylic oxidation sites excluding steroid dienone is 1. The molecular formula is C35H43ClN2O6S. The second-order valence-electron chi connectivity index (χ2n) is 12.9. The smallest absolute Gasteiger partial charge is 0.264 e. The van der Waals surface area contributed by atoms with Crippen LogP contribution in [0.1, 0.15) is 74.4 Å². The fourth-order valence-corrected chi connectivity index (χ4v) is 7.75. The van der Waals surface area contributed by atoms with E-state index in [1.165, 1.54) is 25.0 Å². The predicted molar refractivity (Wildman–Crippen MR) is 177 cm³/mol. The Bertz CT molecular complexity index is 1630. The third-order valence-electron chi connectivity index (χ3n) is 9.57. The van der Waals surface area contributed by atoms with Crippen LogP contribution >= 0.6 is 11.6 Å². The zero-order valence-electron chi connectivity index (χ0n) is 26.2. The van der Waals surface area contributed by atoms with E-state index in [9.17, 15) is 23.4 Å². The summed E-state index contributed by atoms with van der Waals surface area (Å²) in [6.07, 6.45) is 8.90. The van der Waals surface area contributed by atoms with Crippen LogP contribution in [0.3, 0.4) is 0 Å². The molecule has 10 heteroatoms. The number of hydrogen-bond donors (Lipinski definition) is 3. The van der Waals surface area contributed by atoms with Gasteiger partial charge in [0.25, 0.3) is 5.91 Å². The van der Waals surface area contributed by atoms with Gasteiger partial charge in [-0.1, -0.05) is 42.5 Å². The van der Waals surface area contributed by atoms with Crippen LogP contribution in [0.25, 0.3) is 0 Å². The molecule has 5 rings (SSSR count). The lowest BCUT2D eigenvalue weighted by Crippen LogP contribution is -2.52. The first-order chi connectivity index (χ1) is 21.4. The summed E-state index contributed by atoms with van der Waals surface area (Å²) in [5.74, 6) is 5.43. The monoisotopic (exact) mass is 654 g/mol. The molecule has 242 valence electrons. The largest absolute Gasteiger partial charge is 0.490 e. The molecule has 1 heterocycles. The van der Waals surface area contributed by atoms with E-state index in [0.717, 1.165) is 38.5 Å². The number of nitrogens with zero attached hydrogens (tertiary/aromatic N) is 1. The van der Waals surface area contributed by atoms with Crippen LogP contribution in [0.4, 0.5) is 5.69 Å². The lowest BCUT2D eigenvalue weighted by Gasteiger charge is -2.47. The standard InChI is InChI=1S/C35H43ClN2O6S/c1-4-5-16-35(41,17-7-18-39)30-12-9-27(30)21-38-22-34(15-6-8-25-19-28(36)11-13-29(25)34)23-44-32-14-10-26(20-31(32)38)33(40)37-45(42,43)24(2)3/h5,10-11,13-14,16,19-20,24,27,30,39,41H,4,6,8-9,12,15,18,21-23H2,1-3H3,(H,37,40)/b16-5+/t27-,30+,34-,35-/m0/s1. The minimum atomic E-state index is -3.82. The number of aryl methyl sites for hydroxylation is 1. The number of aliphatic hydroxyl groups excluding tert-OH is 1. The van der Waals surface area contributed by atoms with E-state index < -0.39 is 26.8 Å². The summed E-state index contributed by atoms with van der Waals surface area (Å²) < 4.78 is 33.7. The molecular weight excluding hydrogens is 612 g/mol. The van der Waals surface area contributed by atoms with Crippen molar-refractivity contribution in [1.82, 2.24) is 4.72 Å². The second kappa shape index (κ2) is 13.4. The number of halogens is 1. The highest BCUT2D eigenvalue weighted by Crippen LogP contribution is 2.48. The highest BCUT2D eigenvalue weighted by molar-refractivity contribution is 7.90. The second-order valence-corrected chi connectivity index (χ2v) is 15.5. The average molecular weight is 655 g/mol. The third-order valence-corrected chi connectivity index (χ3v) is 11.5. The first kappa shape index (κ1) is 33.3. The van der Waals surface area contributed by atoms with Crippen molar-refractivity contribution in [2.24, 2.45) is 11.8 Å². The van der Waals surface area contributed by atoms with Crippen molar-refractivity contribution in [2.45, 2.75) is 75.6 Å². The van der Waals surface area contributed by atoms with Gasteiger partial charge in [0.2, 0.25) is 10.0 Å². The van der Waals surface area contributed by atoms with Crippen LogP contribution in [-0.2, 0) is 21.9 Å². The number of carbonyl (C=O) groups is 1. The zero-order valence-corrected chi connectivity index (χ0v) is 27.8. The molecule has 0 saturated heterocycles. The van der Waals surface area contributed by atoms with Crippen LogP contribution in [0.15, 0.2) is 48.6 Å². The first-order valence-corrected chi connectivity index (χ1v) is 17.7. The van der Waals surface area contributed by atoms with Gasteiger partial charge in [-0.15, -0.1) is 0 Å². The molecule has 0 unspecified atom stereocenters. The number of fused-ring (bicyclic) bond motifs is 3. The molecule has 0 aromatic heterocycles. The highest BCUT2D eigenvalue weighted by atomic mass is 35.5. The Labute approximate surface area is 271 Å². The summed E-state index contributed by atoms with van der Waals surface area (Å²) in [5.41, 5.74) is 1.64. The van der Waals surface area contributed by atoms with Gasteiger partial charge in [0.1, 0.15) is 18.0 Å². The van der Waals surface area contributed by atoms with Crippen molar-refractivity contribution in [3.8, 4) is 17.6 Å². The average Bonchev–Trinajstić information content (AvgIpc) is 3.13. The maximum absolute atomic E-state index is 13.2. The molecule has 2 aromatic carbocycles. The number of nitrogens with one attached hydrogen (secondary N) is 1. The number of hydrogen-bond acceptors (Lipinski definition) is 7. The molecule has 1 aliphatic heterocycles. The molecule has 8 nitrogen and oxygen atoms in total. The Morgan fingerprint density at radius 3 is 2.76 bits per heavy atom. The van der Waals surface area contributed by atoms with Crippen LogP contribution in [0, 0.1) is 23.7 Å². The van der Waals surface area contributed by atoms with Crippen LogP contribution in [0.5, 0.6) is 5.75 Å². The topological polar surface area (TPSA) is 116 Å². The molecule has 0 radical (unpaired) electrons. The van der Waals surface area contributed by atoms with Gasteiger partial charge >= 0.3 is 0 Å². The summed E-state index contributed by atoms with van der Waals surface area (Å²) in [4.78, 5) is 15.4. The maximum atomic E-state index is 13.2. The van der Waals surface area contributed by atoms with Crippen molar-refractivity contribution < 1.29 is 28.2 Å². The fourth-order valence-electron chi connectivity index (χ4n) is 6.95. The van der Waals surface area contributed by atoms with E-state index >= 15 is 0 Å². The Hall–Kier alpha value is -3.03. The molecule has 2 aromatic rings. The number of anilines is 1. The summed E-state index contributed by atoms with van der Waals surface area (Å²) in [6, 6.07) is 11.1. The Morgan fingerprint density at radius 1 is 1.27 bits per heavy atom. The van der Waals surface area contributed by atoms with Crippen molar-refractivity contribution >= 4 is 33.2 Å². The van der Waals surface area contributed by atoms with E-state index in [4.69, 9.17) is 16.3 Å². The van der Waals surface area contributed by atoms with E-state index in [1.54, 1.807) is 24.3 Å². The van der Waals surface area contributed by atoms with Gasteiger partial charge in [-0.2, -0.15) is 0 Å². The van der Waals surface area contributed by atoms with E-state index in [-0.39, 0.29) is 29.4 Å². The maximum Gasteiger partial charge on any atom is 0.264 e. The van der Waals surface area contributed by atoms with E-state index in [0.29, 0.717) is 36.2 Å². The van der Waals surface area contributed by atoms with Crippen molar-refractivity contribution in [2.75, 3.05) is 31.2 Å². The van der Waals surface area contributed by atoms with E-state index in [2.05, 4.69) is 27.5 Å². The molecule has 0 bridgehead atoms. The molecule has 2 aliphatic carbocycles. The molecule has 1 spiro atoms. The zero-order chi connectivity index (χ0) is 32.4. The van der Waals surface area contributed by atoms with Crippen LogP contribution in [0.2, 0.25) is 5.02 Å². The van der Waals surface area contributed by atoms with Crippen molar-refractivity contribution in [3.63, 3.8) is 0 Å². The SMILES string of the molecule is CC/C=C/[C@](O)(C#CCO)[C@@H]1CC[C@H]1CN1C[C@@]2(CCCc3cc(Cl)ccc32)COc2ccc(C(=O)NS(=O)(=O)C(C)C)cc21. The molecule has 1 amide bonds. The summed E-state index contributed by atoms with van der Waals surface area (Å²) in [7, 11) is -3.82. The molecule has 45 heavy (non-hydrogen) atoms. The summed E-state index contributed by atoms with van der Waals surface area (Å²) in [5, 5.41) is 21.0. The number of carbonyl (C=O) groups excluding carboxylic acids is 1. The molecule has 3 aliphatic rings. The van der Waals surface area contributed by atoms with Gasteiger partial charge in [0, 0.05) is 35.0 Å². The number of benzene rings is 2. The number of amides is 1.